The van der Waals surface area contributed by atoms with E-state index in [1.165, 1.54) is 12.1 Å². The van der Waals surface area contributed by atoms with Gasteiger partial charge in [-0.3, -0.25) is 4.79 Å². The van der Waals surface area contributed by atoms with E-state index in [4.69, 9.17) is 0 Å². The average Bonchev–Trinajstić information content (AvgIpc) is 2.07. The molecule has 0 aliphatic heterocycles. The Hall–Kier alpha value is -1.45. The lowest BCUT2D eigenvalue weighted by Gasteiger charge is -2.05. The SMILES string of the molecule is CC(C)CC(=O)Nc1ccc(F)cn1. The predicted octanol–water partition coefficient (Wildman–Crippen LogP) is 2.21. The monoisotopic (exact) mass is 196 g/mol. The number of amides is 1. The van der Waals surface area contributed by atoms with E-state index in [1.807, 2.05) is 13.8 Å². The summed E-state index contributed by atoms with van der Waals surface area (Å²) in [6.45, 7) is 3.91. The Morgan fingerprint density at radius 2 is 2.29 bits per heavy atom. The molecule has 14 heavy (non-hydrogen) atoms. The van der Waals surface area contributed by atoms with Gasteiger partial charge in [-0.1, -0.05) is 13.8 Å². The molecule has 1 rings (SSSR count). The molecule has 1 aromatic heterocycles. The van der Waals surface area contributed by atoms with E-state index < -0.39 is 5.82 Å². The number of anilines is 1. The van der Waals surface area contributed by atoms with Crippen molar-refractivity contribution in [2.75, 3.05) is 5.32 Å². The molecule has 76 valence electrons. The van der Waals surface area contributed by atoms with Gasteiger partial charge >= 0.3 is 0 Å². The molecular weight excluding hydrogens is 183 g/mol. The lowest BCUT2D eigenvalue weighted by Crippen LogP contribution is -2.14. The van der Waals surface area contributed by atoms with Crippen molar-refractivity contribution in [1.82, 2.24) is 4.98 Å². The first kappa shape index (κ1) is 10.6. The Labute approximate surface area is 82.4 Å². The van der Waals surface area contributed by atoms with E-state index in [1.54, 1.807) is 0 Å². The Morgan fingerprint density at radius 3 is 2.79 bits per heavy atom. The molecule has 0 bridgehead atoms. The molecule has 1 heterocycles. The second-order valence-corrected chi connectivity index (χ2v) is 3.51. The number of nitrogens with one attached hydrogen (secondary N) is 1. The van der Waals surface area contributed by atoms with Gasteiger partial charge in [0.25, 0.3) is 0 Å². The highest BCUT2D eigenvalue weighted by molar-refractivity contribution is 5.89. The summed E-state index contributed by atoms with van der Waals surface area (Å²) in [7, 11) is 0. The molecule has 0 radical (unpaired) electrons. The van der Waals surface area contributed by atoms with E-state index in [2.05, 4.69) is 10.3 Å². The fourth-order valence-electron chi connectivity index (χ4n) is 1.01. The van der Waals surface area contributed by atoms with Gasteiger partial charge in [-0.2, -0.15) is 0 Å². The van der Waals surface area contributed by atoms with Gasteiger partial charge in [0.2, 0.25) is 5.91 Å². The molecule has 1 aromatic rings. The minimum atomic E-state index is -0.410. The summed E-state index contributed by atoms with van der Waals surface area (Å²) >= 11 is 0. The summed E-state index contributed by atoms with van der Waals surface area (Å²) < 4.78 is 12.5. The van der Waals surface area contributed by atoms with Gasteiger partial charge < -0.3 is 5.32 Å². The Bertz CT molecular complexity index is 308. The van der Waals surface area contributed by atoms with Crippen molar-refractivity contribution in [3.63, 3.8) is 0 Å². The lowest BCUT2D eigenvalue weighted by atomic mass is 10.1. The maximum absolute atomic E-state index is 12.5. The summed E-state index contributed by atoms with van der Waals surface area (Å²) in [6.07, 6.45) is 1.52. The molecule has 3 nitrogen and oxygen atoms in total. The van der Waals surface area contributed by atoms with Crippen molar-refractivity contribution in [1.29, 1.82) is 0 Å². The number of carbonyl (C=O) groups excluding carboxylic acids is 1. The first-order valence-electron chi connectivity index (χ1n) is 4.49. The lowest BCUT2D eigenvalue weighted by molar-refractivity contribution is -0.116. The van der Waals surface area contributed by atoms with E-state index >= 15 is 0 Å². The summed E-state index contributed by atoms with van der Waals surface area (Å²) in [5.74, 6) is 0.179. The highest BCUT2D eigenvalue weighted by Gasteiger charge is 2.05. The summed E-state index contributed by atoms with van der Waals surface area (Å²) in [4.78, 5) is 15.0. The number of pyridine rings is 1. The maximum atomic E-state index is 12.5. The van der Waals surface area contributed by atoms with Gasteiger partial charge in [-0.05, 0) is 18.1 Å². The first-order valence-corrected chi connectivity index (χ1v) is 4.49. The molecule has 0 fully saturated rings. The third kappa shape index (κ3) is 3.51. The average molecular weight is 196 g/mol. The summed E-state index contributed by atoms with van der Waals surface area (Å²) in [5, 5.41) is 2.58. The van der Waals surface area contributed by atoms with Crippen LogP contribution in [0.25, 0.3) is 0 Å². The molecule has 0 saturated heterocycles. The smallest absolute Gasteiger partial charge is 0.225 e. The summed E-state index contributed by atoms with van der Waals surface area (Å²) in [6, 6.07) is 2.70. The van der Waals surface area contributed by atoms with Gasteiger partial charge in [0.15, 0.2) is 0 Å². The highest BCUT2D eigenvalue weighted by Crippen LogP contribution is 2.06. The van der Waals surface area contributed by atoms with E-state index in [0.717, 1.165) is 6.20 Å². The van der Waals surface area contributed by atoms with Crippen molar-refractivity contribution in [2.24, 2.45) is 5.92 Å². The molecule has 1 amide bonds. The molecule has 0 unspecified atom stereocenters. The maximum Gasteiger partial charge on any atom is 0.225 e. The zero-order valence-corrected chi connectivity index (χ0v) is 8.25. The molecule has 0 saturated carbocycles. The highest BCUT2D eigenvalue weighted by atomic mass is 19.1. The third-order valence-corrected chi connectivity index (χ3v) is 1.59. The number of halogens is 1. The van der Waals surface area contributed by atoms with Crippen molar-refractivity contribution in [2.45, 2.75) is 20.3 Å². The number of hydrogen-bond acceptors (Lipinski definition) is 2. The van der Waals surface area contributed by atoms with Crippen LogP contribution in [0.4, 0.5) is 10.2 Å². The van der Waals surface area contributed by atoms with Gasteiger partial charge in [0.05, 0.1) is 6.20 Å². The minimum absolute atomic E-state index is 0.0980. The Kier molecular flexibility index (Phi) is 3.56. The zero-order chi connectivity index (χ0) is 10.6. The van der Waals surface area contributed by atoms with Crippen LogP contribution in [0.15, 0.2) is 18.3 Å². The second-order valence-electron chi connectivity index (χ2n) is 3.51. The molecule has 0 aromatic carbocycles. The Balaban J connectivity index is 2.52. The quantitative estimate of drug-likeness (QED) is 0.805. The third-order valence-electron chi connectivity index (χ3n) is 1.59. The number of carbonyl (C=O) groups is 1. The van der Waals surface area contributed by atoms with Crippen molar-refractivity contribution in [3.05, 3.63) is 24.1 Å². The van der Waals surface area contributed by atoms with Crippen LogP contribution in [0.3, 0.4) is 0 Å². The summed E-state index contributed by atoms with van der Waals surface area (Å²) in [5.41, 5.74) is 0. The van der Waals surface area contributed by atoms with Gasteiger partial charge in [0, 0.05) is 6.42 Å². The largest absolute Gasteiger partial charge is 0.311 e. The van der Waals surface area contributed by atoms with E-state index in [-0.39, 0.29) is 5.91 Å². The minimum Gasteiger partial charge on any atom is -0.311 e. The van der Waals surface area contributed by atoms with Gasteiger partial charge in [-0.25, -0.2) is 9.37 Å². The molecule has 0 aliphatic rings. The van der Waals surface area contributed by atoms with Crippen LogP contribution in [0, 0.1) is 11.7 Å². The fraction of sp³-hybridized carbons (Fsp3) is 0.400. The first-order chi connectivity index (χ1) is 6.58. The molecular formula is C10H13FN2O. The van der Waals surface area contributed by atoms with Crippen LogP contribution < -0.4 is 5.32 Å². The van der Waals surface area contributed by atoms with E-state index in [0.29, 0.717) is 18.2 Å². The number of rotatable bonds is 3. The fourth-order valence-corrected chi connectivity index (χ4v) is 1.01. The molecule has 1 N–H and O–H groups in total. The zero-order valence-electron chi connectivity index (χ0n) is 8.25. The van der Waals surface area contributed by atoms with Crippen LogP contribution >= 0.6 is 0 Å². The Morgan fingerprint density at radius 1 is 1.57 bits per heavy atom. The molecule has 0 atom stereocenters. The topological polar surface area (TPSA) is 42.0 Å². The van der Waals surface area contributed by atoms with Crippen LogP contribution in [0.2, 0.25) is 0 Å². The van der Waals surface area contributed by atoms with Crippen molar-refractivity contribution in [3.8, 4) is 0 Å². The number of hydrogen-bond donors (Lipinski definition) is 1. The van der Waals surface area contributed by atoms with E-state index in [9.17, 15) is 9.18 Å². The predicted molar refractivity (Wildman–Crippen MR) is 52.3 cm³/mol. The van der Waals surface area contributed by atoms with Gasteiger partial charge in [0.1, 0.15) is 11.6 Å². The van der Waals surface area contributed by atoms with Crippen LogP contribution in [-0.2, 0) is 4.79 Å². The van der Waals surface area contributed by atoms with Crippen molar-refractivity contribution < 1.29 is 9.18 Å². The standard InChI is InChI=1S/C10H13FN2O/c1-7(2)5-10(14)13-9-4-3-8(11)6-12-9/h3-4,6-7H,5H2,1-2H3,(H,12,13,14). The van der Waals surface area contributed by atoms with Crippen LogP contribution in [0.1, 0.15) is 20.3 Å². The number of nitrogens with zero attached hydrogens (tertiary/aromatic N) is 1. The normalized spacial score (nSPS) is 10.3. The second kappa shape index (κ2) is 4.69. The number of aromatic nitrogens is 1. The molecule has 4 heteroatoms. The molecule has 0 spiro atoms. The van der Waals surface area contributed by atoms with Gasteiger partial charge in [-0.15, -0.1) is 0 Å². The van der Waals surface area contributed by atoms with Crippen molar-refractivity contribution >= 4 is 11.7 Å². The van der Waals surface area contributed by atoms with Crippen LogP contribution in [-0.4, -0.2) is 10.9 Å². The van der Waals surface area contributed by atoms with Crippen LogP contribution in [0.5, 0.6) is 0 Å². The molecule has 0 aliphatic carbocycles.